The number of hydrogen-bond donors (Lipinski definition) is 1. The maximum absolute atomic E-state index is 12.8. The highest BCUT2D eigenvalue weighted by molar-refractivity contribution is 5.97. The van der Waals surface area contributed by atoms with E-state index in [-0.39, 0.29) is 17.6 Å². The highest BCUT2D eigenvalue weighted by atomic mass is 19.1. The van der Waals surface area contributed by atoms with Gasteiger partial charge in [0.25, 0.3) is 5.91 Å². The van der Waals surface area contributed by atoms with Crippen molar-refractivity contribution in [3.8, 4) is 0 Å². The third-order valence-corrected chi connectivity index (χ3v) is 3.32. The summed E-state index contributed by atoms with van der Waals surface area (Å²) in [5.74, 6) is -0.788. The monoisotopic (exact) mass is 264 g/mol. The van der Waals surface area contributed by atoms with E-state index in [4.69, 9.17) is 0 Å². The lowest BCUT2D eigenvalue weighted by Gasteiger charge is -2.20. The molecule has 0 bridgehead atoms. The number of likely N-dealkylation sites (N-methyl/N-ethyl adjacent to an activating group) is 1. The number of carbonyl (C=O) groups excluding carboxylic acids is 2. The topological polar surface area (TPSA) is 49.4 Å². The number of carbonyl (C=O) groups is 2. The zero-order valence-electron chi connectivity index (χ0n) is 10.9. The smallest absolute Gasteiger partial charge is 0.251 e. The molecule has 102 valence electrons. The van der Waals surface area contributed by atoms with E-state index in [1.807, 2.05) is 0 Å². The van der Waals surface area contributed by atoms with Gasteiger partial charge in [0.05, 0.1) is 0 Å². The molecule has 1 fully saturated rings. The van der Waals surface area contributed by atoms with E-state index in [0.717, 1.165) is 19.4 Å². The number of nitrogens with zero attached hydrogens (tertiary/aromatic N) is 1. The Morgan fingerprint density at radius 1 is 1.32 bits per heavy atom. The van der Waals surface area contributed by atoms with Crippen molar-refractivity contribution in [2.75, 3.05) is 13.6 Å². The van der Waals surface area contributed by atoms with Crippen LogP contribution in [0.1, 0.15) is 29.6 Å². The summed E-state index contributed by atoms with van der Waals surface area (Å²) in [7, 11) is 1.74. The minimum atomic E-state index is -0.481. The van der Waals surface area contributed by atoms with Crippen LogP contribution in [0.5, 0.6) is 0 Å². The maximum atomic E-state index is 12.8. The van der Waals surface area contributed by atoms with Gasteiger partial charge in [0, 0.05) is 19.2 Å². The van der Waals surface area contributed by atoms with Crippen LogP contribution in [0.3, 0.4) is 0 Å². The van der Waals surface area contributed by atoms with Crippen molar-refractivity contribution in [1.82, 2.24) is 10.2 Å². The average Bonchev–Trinajstić information content (AvgIpc) is 2.55. The number of rotatable bonds is 2. The first-order valence-electron chi connectivity index (χ1n) is 6.39. The third-order valence-electron chi connectivity index (χ3n) is 3.32. The van der Waals surface area contributed by atoms with E-state index in [1.165, 1.54) is 24.3 Å². The van der Waals surface area contributed by atoms with Gasteiger partial charge in [0.15, 0.2) is 0 Å². The molecule has 1 saturated heterocycles. The Labute approximate surface area is 111 Å². The van der Waals surface area contributed by atoms with E-state index >= 15 is 0 Å². The summed E-state index contributed by atoms with van der Waals surface area (Å²) in [5.41, 5.74) is 0.362. The third kappa shape index (κ3) is 3.30. The van der Waals surface area contributed by atoms with E-state index in [9.17, 15) is 14.0 Å². The van der Waals surface area contributed by atoms with Crippen molar-refractivity contribution >= 4 is 11.8 Å². The first-order valence-corrected chi connectivity index (χ1v) is 6.39. The molecule has 0 radical (unpaired) electrons. The average molecular weight is 264 g/mol. The number of hydrogen-bond acceptors (Lipinski definition) is 2. The van der Waals surface area contributed by atoms with Gasteiger partial charge in [-0.05, 0) is 43.5 Å². The molecule has 1 aliphatic heterocycles. The molecule has 0 spiro atoms. The van der Waals surface area contributed by atoms with Crippen molar-refractivity contribution in [3.63, 3.8) is 0 Å². The molecule has 2 rings (SSSR count). The first kappa shape index (κ1) is 13.5. The predicted octanol–water partition coefficient (Wildman–Crippen LogP) is 1.57. The highest BCUT2D eigenvalue weighted by Gasteiger charge is 2.26. The first-order chi connectivity index (χ1) is 9.08. The molecule has 5 heteroatoms. The van der Waals surface area contributed by atoms with Gasteiger partial charge in [0.1, 0.15) is 11.9 Å². The summed E-state index contributed by atoms with van der Waals surface area (Å²) < 4.78 is 12.8. The zero-order chi connectivity index (χ0) is 13.8. The van der Waals surface area contributed by atoms with Crippen LogP contribution in [-0.2, 0) is 4.79 Å². The summed E-state index contributed by atoms with van der Waals surface area (Å²) in [6.07, 6.45) is 2.51. The number of nitrogens with one attached hydrogen (secondary N) is 1. The predicted molar refractivity (Wildman–Crippen MR) is 69.1 cm³/mol. The van der Waals surface area contributed by atoms with Crippen molar-refractivity contribution in [2.45, 2.75) is 25.3 Å². The van der Waals surface area contributed by atoms with Crippen LogP contribution in [0.2, 0.25) is 0 Å². The Morgan fingerprint density at radius 2 is 2.00 bits per heavy atom. The minimum Gasteiger partial charge on any atom is -0.344 e. The van der Waals surface area contributed by atoms with Gasteiger partial charge in [-0.15, -0.1) is 0 Å². The van der Waals surface area contributed by atoms with Gasteiger partial charge in [-0.25, -0.2) is 4.39 Å². The van der Waals surface area contributed by atoms with Gasteiger partial charge < -0.3 is 10.2 Å². The molecule has 2 amide bonds. The van der Waals surface area contributed by atoms with Crippen molar-refractivity contribution in [3.05, 3.63) is 35.6 Å². The molecule has 1 atom stereocenters. The molecular weight excluding hydrogens is 247 g/mol. The zero-order valence-corrected chi connectivity index (χ0v) is 10.9. The number of halogens is 1. The maximum Gasteiger partial charge on any atom is 0.251 e. The molecule has 0 saturated carbocycles. The summed E-state index contributed by atoms with van der Waals surface area (Å²) in [5, 5.41) is 2.72. The Kier molecular flexibility index (Phi) is 4.14. The molecule has 1 aromatic carbocycles. The Balaban J connectivity index is 2.05. The number of amides is 2. The largest absolute Gasteiger partial charge is 0.344 e. The van der Waals surface area contributed by atoms with Gasteiger partial charge in [-0.2, -0.15) is 0 Å². The van der Waals surface area contributed by atoms with Crippen molar-refractivity contribution in [2.24, 2.45) is 0 Å². The van der Waals surface area contributed by atoms with Crippen LogP contribution >= 0.6 is 0 Å². The molecule has 4 nitrogen and oxygen atoms in total. The van der Waals surface area contributed by atoms with Crippen LogP contribution in [0.15, 0.2) is 24.3 Å². The van der Waals surface area contributed by atoms with E-state index in [0.29, 0.717) is 12.0 Å². The Morgan fingerprint density at radius 3 is 2.68 bits per heavy atom. The second-order valence-electron chi connectivity index (χ2n) is 4.79. The van der Waals surface area contributed by atoms with Crippen LogP contribution < -0.4 is 5.32 Å². The second-order valence-corrected chi connectivity index (χ2v) is 4.79. The quantitative estimate of drug-likeness (QED) is 0.881. The molecule has 1 heterocycles. The van der Waals surface area contributed by atoms with Gasteiger partial charge >= 0.3 is 0 Å². The fourth-order valence-electron chi connectivity index (χ4n) is 2.17. The Bertz CT molecular complexity index is 473. The highest BCUT2D eigenvalue weighted by Crippen LogP contribution is 2.12. The van der Waals surface area contributed by atoms with E-state index < -0.39 is 6.04 Å². The fourth-order valence-corrected chi connectivity index (χ4v) is 2.17. The van der Waals surface area contributed by atoms with Gasteiger partial charge in [-0.1, -0.05) is 0 Å². The summed E-state index contributed by atoms with van der Waals surface area (Å²) >= 11 is 0. The molecule has 0 aromatic heterocycles. The molecule has 1 unspecified atom stereocenters. The van der Waals surface area contributed by atoms with Crippen LogP contribution in [0, 0.1) is 5.82 Å². The van der Waals surface area contributed by atoms with E-state index in [1.54, 1.807) is 11.9 Å². The fraction of sp³-hybridized carbons (Fsp3) is 0.429. The van der Waals surface area contributed by atoms with Crippen molar-refractivity contribution in [1.29, 1.82) is 0 Å². The molecule has 1 aliphatic rings. The normalized spacial score (nSPS) is 20.0. The van der Waals surface area contributed by atoms with E-state index in [2.05, 4.69) is 5.32 Å². The van der Waals surface area contributed by atoms with Crippen LogP contribution in [0.25, 0.3) is 0 Å². The molecule has 0 aliphatic carbocycles. The molecule has 1 aromatic rings. The van der Waals surface area contributed by atoms with Crippen LogP contribution in [-0.4, -0.2) is 36.3 Å². The lowest BCUT2D eigenvalue weighted by molar-refractivity contribution is -0.131. The second kappa shape index (κ2) is 5.82. The number of likely N-dealkylation sites (tertiary alicyclic amines) is 1. The molecular formula is C14H17FN2O2. The van der Waals surface area contributed by atoms with Crippen LogP contribution in [0.4, 0.5) is 4.39 Å². The lowest BCUT2D eigenvalue weighted by atomic mass is 10.1. The summed E-state index contributed by atoms with van der Waals surface area (Å²) in [6, 6.07) is 4.81. The lowest BCUT2D eigenvalue weighted by Crippen LogP contribution is -2.46. The SMILES string of the molecule is CN1CCCCC(NC(=O)c2ccc(F)cc2)C1=O. The summed E-state index contributed by atoms with van der Waals surface area (Å²) in [4.78, 5) is 25.6. The Hall–Kier alpha value is -1.91. The number of benzene rings is 1. The minimum absolute atomic E-state index is 0.0621. The standard InChI is InChI=1S/C14H17FN2O2/c1-17-9-3-2-4-12(14(17)19)16-13(18)10-5-7-11(15)8-6-10/h5-8,12H,2-4,9H2,1H3,(H,16,18). The van der Waals surface area contributed by atoms with Crippen molar-refractivity contribution < 1.29 is 14.0 Å². The van der Waals surface area contributed by atoms with Gasteiger partial charge in [-0.3, -0.25) is 9.59 Å². The molecule has 1 N–H and O–H groups in total. The molecule has 19 heavy (non-hydrogen) atoms. The van der Waals surface area contributed by atoms with Gasteiger partial charge in [0.2, 0.25) is 5.91 Å². The summed E-state index contributed by atoms with van der Waals surface area (Å²) in [6.45, 7) is 0.724.